The molecule has 158 valence electrons. The summed E-state index contributed by atoms with van der Waals surface area (Å²) in [6.07, 6.45) is 2.48. The highest BCUT2D eigenvalue weighted by atomic mass is 32.2. The normalized spacial score (nSPS) is 18.2. The summed E-state index contributed by atoms with van der Waals surface area (Å²) in [5.41, 5.74) is 5.42. The lowest BCUT2D eigenvalue weighted by atomic mass is 10.1. The number of thioether (sulfide) groups is 1. The second-order valence-electron chi connectivity index (χ2n) is 6.35. The molecule has 11 nitrogen and oxygen atoms in total. The van der Waals surface area contributed by atoms with Crippen molar-refractivity contribution in [2.24, 2.45) is 5.73 Å². The molecule has 1 rings (SSSR count). The van der Waals surface area contributed by atoms with Gasteiger partial charge in [0, 0.05) is 6.54 Å². The fourth-order valence-corrected chi connectivity index (χ4v) is 3.25. The van der Waals surface area contributed by atoms with Crippen molar-refractivity contribution in [3.05, 3.63) is 0 Å². The number of carboxylic acids is 2. The Labute approximate surface area is 166 Å². The average Bonchev–Trinajstić information content (AvgIpc) is 3.11. The number of carbonyl (C=O) groups excluding carboxylic acids is 3. The van der Waals surface area contributed by atoms with Crippen LogP contribution < -0.4 is 16.4 Å². The van der Waals surface area contributed by atoms with Gasteiger partial charge in [0.2, 0.25) is 17.7 Å². The lowest BCUT2D eigenvalue weighted by molar-refractivity contribution is -0.144. The first-order valence-corrected chi connectivity index (χ1v) is 10.1. The molecule has 1 saturated heterocycles. The van der Waals surface area contributed by atoms with Gasteiger partial charge >= 0.3 is 11.9 Å². The van der Waals surface area contributed by atoms with E-state index in [9.17, 15) is 29.1 Å². The Balaban J connectivity index is 2.61. The third-order valence-corrected chi connectivity index (χ3v) is 4.89. The minimum absolute atomic E-state index is 0.264. The van der Waals surface area contributed by atoms with Crippen LogP contribution >= 0.6 is 11.8 Å². The second-order valence-corrected chi connectivity index (χ2v) is 7.33. The largest absolute Gasteiger partial charge is 0.481 e. The van der Waals surface area contributed by atoms with Crippen LogP contribution in [-0.2, 0) is 24.0 Å². The fourth-order valence-electron chi connectivity index (χ4n) is 2.77. The van der Waals surface area contributed by atoms with Gasteiger partial charge in [0.15, 0.2) is 0 Å². The molecule has 1 fully saturated rings. The topological polar surface area (TPSA) is 179 Å². The molecule has 1 aliphatic heterocycles. The van der Waals surface area contributed by atoms with Crippen LogP contribution in [0.2, 0.25) is 0 Å². The van der Waals surface area contributed by atoms with Gasteiger partial charge in [-0.2, -0.15) is 11.8 Å². The van der Waals surface area contributed by atoms with E-state index in [0.717, 1.165) is 0 Å². The van der Waals surface area contributed by atoms with Crippen LogP contribution in [0, 0.1) is 0 Å². The summed E-state index contributed by atoms with van der Waals surface area (Å²) in [6.45, 7) is -0.124. The van der Waals surface area contributed by atoms with Crippen molar-refractivity contribution in [1.29, 1.82) is 0 Å². The van der Waals surface area contributed by atoms with Gasteiger partial charge in [-0.3, -0.25) is 19.2 Å². The van der Waals surface area contributed by atoms with Crippen molar-refractivity contribution in [3.63, 3.8) is 0 Å². The molecule has 3 unspecified atom stereocenters. The molecule has 0 radical (unpaired) electrons. The highest BCUT2D eigenvalue weighted by molar-refractivity contribution is 7.98. The van der Waals surface area contributed by atoms with Crippen LogP contribution in [0.3, 0.4) is 0 Å². The Kier molecular flexibility index (Phi) is 9.73. The third kappa shape index (κ3) is 7.35. The summed E-state index contributed by atoms with van der Waals surface area (Å²) in [4.78, 5) is 59.7. The van der Waals surface area contributed by atoms with Gasteiger partial charge < -0.3 is 31.5 Å². The van der Waals surface area contributed by atoms with Crippen LogP contribution in [0.5, 0.6) is 0 Å². The molecule has 0 aliphatic carbocycles. The van der Waals surface area contributed by atoms with Crippen LogP contribution in [0.1, 0.15) is 25.7 Å². The lowest BCUT2D eigenvalue weighted by Crippen LogP contribution is -2.53. The zero-order chi connectivity index (χ0) is 21.3. The minimum Gasteiger partial charge on any atom is -0.481 e. The molecular formula is C16H26N4O7S. The van der Waals surface area contributed by atoms with Crippen LogP contribution in [-0.4, -0.2) is 88.0 Å². The van der Waals surface area contributed by atoms with E-state index in [4.69, 9.17) is 10.8 Å². The van der Waals surface area contributed by atoms with E-state index in [1.807, 2.05) is 6.26 Å². The van der Waals surface area contributed by atoms with E-state index in [-0.39, 0.29) is 6.42 Å². The standard InChI is InChI=1S/C16H26N4O7S/c1-28-6-4-10(16(26)27)19-15(25)11-3-2-5-20(11)12(21)8-18-14(24)9(17)7-13(22)23/h9-11H,2-8,17H2,1H3,(H,18,24)(H,19,25)(H,22,23)(H,26,27). The monoisotopic (exact) mass is 418 g/mol. The molecule has 0 spiro atoms. The SMILES string of the molecule is CSCCC(NC(=O)C1CCCN1C(=O)CNC(=O)C(N)CC(=O)O)C(=O)O. The maximum absolute atomic E-state index is 12.5. The first-order valence-electron chi connectivity index (χ1n) is 8.74. The zero-order valence-electron chi connectivity index (χ0n) is 15.6. The van der Waals surface area contributed by atoms with E-state index in [0.29, 0.717) is 25.1 Å². The maximum atomic E-state index is 12.5. The Hall–Kier alpha value is -2.34. The third-order valence-electron chi connectivity index (χ3n) is 4.25. The molecule has 12 heteroatoms. The summed E-state index contributed by atoms with van der Waals surface area (Å²) < 4.78 is 0. The van der Waals surface area contributed by atoms with E-state index >= 15 is 0 Å². The number of aliphatic carboxylic acids is 2. The molecular weight excluding hydrogens is 392 g/mol. The van der Waals surface area contributed by atoms with Gasteiger partial charge in [0.05, 0.1) is 19.0 Å². The van der Waals surface area contributed by atoms with E-state index in [2.05, 4.69) is 10.6 Å². The molecule has 28 heavy (non-hydrogen) atoms. The van der Waals surface area contributed by atoms with E-state index < -0.39 is 60.8 Å². The van der Waals surface area contributed by atoms with Crippen LogP contribution in [0.4, 0.5) is 0 Å². The van der Waals surface area contributed by atoms with Gasteiger partial charge in [-0.05, 0) is 31.3 Å². The van der Waals surface area contributed by atoms with Gasteiger partial charge in [0.1, 0.15) is 12.1 Å². The summed E-state index contributed by atoms with van der Waals surface area (Å²) in [7, 11) is 0. The van der Waals surface area contributed by atoms with E-state index in [1.54, 1.807) is 0 Å². The number of carbonyl (C=O) groups is 5. The van der Waals surface area contributed by atoms with Gasteiger partial charge in [0.25, 0.3) is 0 Å². The van der Waals surface area contributed by atoms with Crippen molar-refractivity contribution >= 4 is 41.4 Å². The van der Waals surface area contributed by atoms with Crippen molar-refractivity contribution < 1.29 is 34.2 Å². The molecule has 6 N–H and O–H groups in total. The smallest absolute Gasteiger partial charge is 0.326 e. The van der Waals surface area contributed by atoms with Gasteiger partial charge in [-0.1, -0.05) is 0 Å². The van der Waals surface area contributed by atoms with Crippen molar-refractivity contribution in [2.75, 3.05) is 25.1 Å². The highest BCUT2D eigenvalue weighted by Gasteiger charge is 2.35. The number of likely N-dealkylation sites (tertiary alicyclic amines) is 1. The first kappa shape index (κ1) is 23.7. The number of nitrogens with one attached hydrogen (secondary N) is 2. The fraction of sp³-hybridized carbons (Fsp3) is 0.688. The van der Waals surface area contributed by atoms with Crippen LogP contribution in [0.25, 0.3) is 0 Å². The lowest BCUT2D eigenvalue weighted by Gasteiger charge is -2.25. The Morgan fingerprint density at radius 3 is 2.50 bits per heavy atom. The number of amides is 3. The quantitative estimate of drug-likeness (QED) is 0.259. The maximum Gasteiger partial charge on any atom is 0.326 e. The molecule has 0 bridgehead atoms. The van der Waals surface area contributed by atoms with Gasteiger partial charge in [-0.15, -0.1) is 0 Å². The number of rotatable bonds is 11. The van der Waals surface area contributed by atoms with Crippen molar-refractivity contribution in [1.82, 2.24) is 15.5 Å². The van der Waals surface area contributed by atoms with Crippen LogP contribution in [0.15, 0.2) is 0 Å². The molecule has 1 heterocycles. The molecule has 1 aliphatic rings. The number of carboxylic acid groups (broad SMARTS) is 2. The first-order chi connectivity index (χ1) is 13.2. The second kappa shape index (κ2) is 11.5. The molecule has 3 atom stereocenters. The average molecular weight is 418 g/mol. The van der Waals surface area contributed by atoms with Crippen molar-refractivity contribution in [2.45, 2.75) is 43.8 Å². The molecule has 0 aromatic rings. The zero-order valence-corrected chi connectivity index (χ0v) is 16.4. The van der Waals surface area contributed by atoms with Gasteiger partial charge in [-0.25, -0.2) is 4.79 Å². The summed E-state index contributed by atoms with van der Waals surface area (Å²) in [5, 5.41) is 22.6. The summed E-state index contributed by atoms with van der Waals surface area (Å²) in [6, 6.07) is -3.13. The predicted molar refractivity (Wildman–Crippen MR) is 101 cm³/mol. The van der Waals surface area contributed by atoms with Crippen molar-refractivity contribution in [3.8, 4) is 0 Å². The highest BCUT2D eigenvalue weighted by Crippen LogP contribution is 2.18. The Morgan fingerprint density at radius 2 is 1.93 bits per heavy atom. The molecule has 0 aromatic heterocycles. The molecule has 0 saturated carbocycles. The summed E-state index contributed by atoms with van der Waals surface area (Å²) >= 11 is 1.46. The summed E-state index contributed by atoms with van der Waals surface area (Å²) in [5.74, 6) is -3.66. The Bertz CT molecular complexity index is 616. The Morgan fingerprint density at radius 1 is 1.25 bits per heavy atom. The van der Waals surface area contributed by atoms with E-state index in [1.165, 1.54) is 16.7 Å². The predicted octanol–water partition coefficient (Wildman–Crippen LogP) is -1.78. The number of hydrogen-bond acceptors (Lipinski definition) is 7. The molecule has 0 aromatic carbocycles. The number of nitrogens with two attached hydrogens (primary N) is 1. The number of hydrogen-bond donors (Lipinski definition) is 5. The molecule has 3 amide bonds. The minimum atomic E-state index is -1.28. The number of nitrogens with zero attached hydrogens (tertiary/aromatic N) is 1.